The van der Waals surface area contributed by atoms with Gasteiger partial charge in [0.15, 0.2) is 0 Å². The molecular weight excluding hydrogens is 452 g/mol. The van der Waals surface area contributed by atoms with Crippen LogP contribution in [0, 0.1) is 6.92 Å². The molecule has 0 aliphatic carbocycles. The first-order chi connectivity index (χ1) is 16.3. The number of nitrogens with zero attached hydrogens (tertiary/aromatic N) is 2. The fourth-order valence-corrected chi connectivity index (χ4v) is 4.56. The Morgan fingerprint density at radius 1 is 1.03 bits per heavy atom. The first-order valence-corrected chi connectivity index (χ1v) is 13.0. The van der Waals surface area contributed by atoms with Crippen LogP contribution in [0.1, 0.15) is 29.9 Å². The Morgan fingerprint density at radius 2 is 1.76 bits per heavy atom. The van der Waals surface area contributed by atoms with E-state index in [0.717, 1.165) is 49.2 Å². The second kappa shape index (κ2) is 10.3. The number of aromatic nitrogens is 2. The number of rotatable bonds is 8. The van der Waals surface area contributed by atoms with Gasteiger partial charge in [-0.15, -0.1) is 0 Å². The highest BCUT2D eigenvalue weighted by Crippen LogP contribution is 2.34. The molecule has 4 rings (SSSR count). The highest BCUT2D eigenvalue weighted by molar-refractivity contribution is 7.92. The lowest BCUT2D eigenvalue weighted by Gasteiger charge is -2.24. The minimum atomic E-state index is -3.42. The zero-order valence-electron chi connectivity index (χ0n) is 19.6. The van der Waals surface area contributed by atoms with E-state index in [1.54, 1.807) is 31.5 Å². The summed E-state index contributed by atoms with van der Waals surface area (Å²) in [6.07, 6.45) is 5.05. The van der Waals surface area contributed by atoms with E-state index in [1.165, 1.54) is 5.56 Å². The molecule has 10 heteroatoms. The zero-order chi connectivity index (χ0) is 24.1. The van der Waals surface area contributed by atoms with Crippen LogP contribution in [-0.2, 0) is 10.0 Å². The molecule has 1 fully saturated rings. The van der Waals surface area contributed by atoms with Gasteiger partial charge >= 0.3 is 0 Å². The van der Waals surface area contributed by atoms with Crippen molar-refractivity contribution in [1.82, 2.24) is 15.3 Å². The van der Waals surface area contributed by atoms with E-state index in [-0.39, 0.29) is 0 Å². The van der Waals surface area contributed by atoms with Gasteiger partial charge < -0.3 is 20.7 Å². The van der Waals surface area contributed by atoms with Crippen LogP contribution in [-0.4, -0.2) is 44.8 Å². The summed E-state index contributed by atoms with van der Waals surface area (Å²) in [6.45, 7) is 3.94. The minimum absolute atomic E-state index is 0.398. The van der Waals surface area contributed by atoms with E-state index < -0.39 is 10.0 Å². The molecule has 1 aliphatic heterocycles. The van der Waals surface area contributed by atoms with Crippen molar-refractivity contribution in [2.75, 3.05) is 41.8 Å². The van der Waals surface area contributed by atoms with Gasteiger partial charge in [0.05, 0.1) is 30.4 Å². The first kappa shape index (κ1) is 23.8. The number of aryl methyl sites for hydroxylation is 1. The number of hydrogen-bond donors (Lipinski definition) is 4. The maximum Gasteiger partial charge on any atom is 0.229 e. The van der Waals surface area contributed by atoms with Crippen molar-refractivity contribution >= 4 is 38.9 Å². The van der Waals surface area contributed by atoms with Crippen LogP contribution in [0.15, 0.2) is 48.7 Å². The van der Waals surface area contributed by atoms with Crippen molar-refractivity contribution in [3.63, 3.8) is 0 Å². The summed E-state index contributed by atoms with van der Waals surface area (Å²) in [7, 11) is -1.77. The molecule has 0 radical (unpaired) electrons. The standard InChI is InChI=1S/C24H30N6O3S/c1-16-15-26-24(29-23(16)27-19-6-4-5-7-20(19)30-34(3,31)32)28-21-9-8-18(14-22(21)33-2)17-10-12-25-13-11-17/h4-9,14-15,17,25,30H,10-13H2,1-3H3,(H2,26,27,28,29). The molecule has 180 valence electrons. The van der Waals surface area contributed by atoms with E-state index >= 15 is 0 Å². The van der Waals surface area contributed by atoms with E-state index in [9.17, 15) is 8.42 Å². The second-order valence-corrected chi connectivity index (χ2v) is 10.1. The molecule has 1 aliphatic rings. The Hall–Kier alpha value is -3.37. The van der Waals surface area contributed by atoms with Crippen molar-refractivity contribution < 1.29 is 13.2 Å². The summed E-state index contributed by atoms with van der Waals surface area (Å²) in [5.41, 5.74) is 3.88. The van der Waals surface area contributed by atoms with Gasteiger partial charge in [-0.2, -0.15) is 4.98 Å². The monoisotopic (exact) mass is 482 g/mol. The Balaban J connectivity index is 1.56. The van der Waals surface area contributed by atoms with Gasteiger partial charge in [0.1, 0.15) is 11.6 Å². The summed E-state index contributed by atoms with van der Waals surface area (Å²) in [5.74, 6) is 2.22. The average molecular weight is 483 g/mol. The fourth-order valence-electron chi connectivity index (χ4n) is 3.98. The summed E-state index contributed by atoms with van der Waals surface area (Å²) in [6, 6.07) is 13.3. The topological polar surface area (TPSA) is 117 Å². The maximum atomic E-state index is 11.7. The first-order valence-electron chi connectivity index (χ1n) is 11.2. The molecule has 0 bridgehead atoms. The van der Waals surface area contributed by atoms with Gasteiger partial charge in [-0.25, -0.2) is 13.4 Å². The summed E-state index contributed by atoms with van der Waals surface area (Å²) >= 11 is 0. The lowest BCUT2D eigenvalue weighted by Crippen LogP contribution is -2.26. The van der Waals surface area contributed by atoms with E-state index in [4.69, 9.17) is 4.74 Å². The molecule has 0 spiro atoms. The van der Waals surface area contributed by atoms with Gasteiger partial charge in [0, 0.05) is 11.8 Å². The molecule has 1 saturated heterocycles. The van der Waals surface area contributed by atoms with Crippen LogP contribution in [0.2, 0.25) is 0 Å². The van der Waals surface area contributed by atoms with Crippen LogP contribution < -0.4 is 25.4 Å². The van der Waals surface area contributed by atoms with Crippen LogP contribution >= 0.6 is 0 Å². The maximum absolute atomic E-state index is 11.7. The average Bonchev–Trinajstić information content (AvgIpc) is 2.82. The molecular formula is C24H30N6O3S. The number of para-hydroxylation sites is 2. The number of hydrogen-bond acceptors (Lipinski definition) is 8. The molecule has 0 saturated carbocycles. The van der Waals surface area contributed by atoms with E-state index in [0.29, 0.717) is 29.1 Å². The van der Waals surface area contributed by atoms with Crippen molar-refractivity contribution in [3.05, 3.63) is 59.8 Å². The Labute approximate surface area is 200 Å². The Bertz CT molecular complexity index is 1260. The van der Waals surface area contributed by atoms with Crippen LogP contribution in [0.4, 0.5) is 28.8 Å². The van der Waals surface area contributed by atoms with Crippen LogP contribution in [0.3, 0.4) is 0 Å². The third-order valence-corrected chi connectivity index (χ3v) is 6.32. The highest BCUT2D eigenvalue weighted by atomic mass is 32.2. The smallest absolute Gasteiger partial charge is 0.229 e. The summed E-state index contributed by atoms with van der Waals surface area (Å²) in [4.78, 5) is 9.02. The predicted molar refractivity (Wildman–Crippen MR) is 136 cm³/mol. The highest BCUT2D eigenvalue weighted by Gasteiger charge is 2.17. The van der Waals surface area contributed by atoms with Gasteiger partial charge in [-0.1, -0.05) is 18.2 Å². The van der Waals surface area contributed by atoms with Gasteiger partial charge in [-0.3, -0.25) is 4.72 Å². The van der Waals surface area contributed by atoms with Gasteiger partial charge in [0.2, 0.25) is 16.0 Å². The number of nitrogens with one attached hydrogen (secondary N) is 4. The number of methoxy groups -OCH3 is 1. The van der Waals surface area contributed by atoms with Gasteiger partial charge in [0.25, 0.3) is 0 Å². The molecule has 9 nitrogen and oxygen atoms in total. The van der Waals surface area contributed by atoms with Crippen LogP contribution in [0.25, 0.3) is 0 Å². The molecule has 34 heavy (non-hydrogen) atoms. The molecule has 1 aromatic heterocycles. The normalized spacial score (nSPS) is 14.4. The molecule has 4 N–H and O–H groups in total. The SMILES string of the molecule is COc1cc(C2CCNCC2)ccc1Nc1ncc(C)c(Nc2ccccc2NS(C)(=O)=O)n1. The Morgan fingerprint density at radius 3 is 2.47 bits per heavy atom. The third kappa shape index (κ3) is 5.95. The summed E-state index contributed by atoms with van der Waals surface area (Å²) in [5, 5.41) is 9.86. The fraction of sp³-hybridized carbons (Fsp3) is 0.333. The molecule has 0 amide bonds. The quantitative estimate of drug-likeness (QED) is 0.379. The zero-order valence-corrected chi connectivity index (χ0v) is 20.4. The van der Waals surface area contributed by atoms with E-state index in [2.05, 4.69) is 42.8 Å². The van der Waals surface area contributed by atoms with E-state index in [1.807, 2.05) is 19.1 Å². The van der Waals surface area contributed by atoms with Crippen molar-refractivity contribution in [2.45, 2.75) is 25.7 Å². The van der Waals surface area contributed by atoms with Gasteiger partial charge in [-0.05, 0) is 68.6 Å². The third-order valence-electron chi connectivity index (χ3n) is 5.73. The lowest BCUT2D eigenvalue weighted by atomic mass is 9.90. The van der Waals surface area contributed by atoms with Crippen molar-refractivity contribution in [1.29, 1.82) is 0 Å². The predicted octanol–water partition coefficient (Wildman–Crippen LogP) is 4.12. The molecule has 3 aromatic rings. The molecule has 0 atom stereocenters. The number of ether oxygens (including phenoxy) is 1. The molecule has 0 unspecified atom stereocenters. The number of sulfonamides is 1. The number of benzene rings is 2. The Kier molecular flexibility index (Phi) is 7.18. The number of anilines is 5. The second-order valence-electron chi connectivity index (χ2n) is 8.38. The molecule has 2 heterocycles. The summed E-state index contributed by atoms with van der Waals surface area (Å²) < 4.78 is 31.6. The van der Waals surface area contributed by atoms with Crippen LogP contribution in [0.5, 0.6) is 5.75 Å². The number of piperidine rings is 1. The minimum Gasteiger partial charge on any atom is -0.495 e. The largest absolute Gasteiger partial charge is 0.495 e. The lowest BCUT2D eigenvalue weighted by molar-refractivity contribution is 0.413. The van der Waals surface area contributed by atoms with Crippen molar-refractivity contribution in [2.24, 2.45) is 0 Å². The van der Waals surface area contributed by atoms with Crippen molar-refractivity contribution in [3.8, 4) is 5.75 Å². The molecule has 2 aromatic carbocycles.